The van der Waals surface area contributed by atoms with Crippen LogP contribution in [0, 0.1) is 12.3 Å². The van der Waals surface area contributed by atoms with E-state index in [2.05, 4.69) is 16.6 Å². The Hall–Kier alpha value is -2.20. The van der Waals surface area contributed by atoms with Crippen LogP contribution in [0.5, 0.6) is 5.75 Å². The van der Waals surface area contributed by atoms with Crippen LogP contribution in [0.3, 0.4) is 0 Å². The highest BCUT2D eigenvalue weighted by molar-refractivity contribution is 8.00. The third kappa shape index (κ3) is 9.74. The number of hydrogen-bond acceptors (Lipinski definition) is 8. The third-order valence-electron chi connectivity index (χ3n) is 6.41. The number of urea groups is 1. The van der Waals surface area contributed by atoms with Gasteiger partial charge in [0, 0.05) is 6.54 Å². The molecule has 2 N–H and O–H groups in total. The van der Waals surface area contributed by atoms with E-state index in [4.69, 9.17) is 41.7 Å². The first-order valence-electron chi connectivity index (χ1n) is 13.0. The number of methoxy groups -OCH3 is 1. The lowest BCUT2D eigenvalue weighted by atomic mass is 9.88. The van der Waals surface area contributed by atoms with Gasteiger partial charge in [-0.2, -0.15) is 0 Å². The zero-order valence-corrected chi connectivity index (χ0v) is 24.1. The molecule has 3 amide bonds. The quantitative estimate of drug-likeness (QED) is 0.173. The summed E-state index contributed by atoms with van der Waals surface area (Å²) in [6, 6.07) is 5.38. The molecule has 10 nitrogen and oxygen atoms in total. The highest BCUT2D eigenvalue weighted by Gasteiger charge is 2.36. The molecule has 0 spiro atoms. The summed E-state index contributed by atoms with van der Waals surface area (Å²) in [7, 11) is 1.64. The van der Waals surface area contributed by atoms with E-state index in [1.54, 1.807) is 7.11 Å². The molecule has 0 aliphatic carbocycles. The number of nitrogens with zero attached hydrogens (tertiary/aromatic N) is 1. The van der Waals surface area contributed by atoms with Gasteiger partial charge in [-0.15, -0.1) is 29.8 Å². The number of hydrogen-bond donors (Lipinski definition) is 2. The molecule has 1 fully saturated rings. The predicted octanol–water partition coefficient (Wildman–Crippen LogP) is 2.19. The first-order chi connectivity index (χ1) is 18.9. The second kappa shape index (κ2) is 16.8. The van der Waals surface area contributed by atoms with Crippen molar-refractivity contribution in [1.82, 2.24) is 15.5 Å². The van der Waals surface area contributed by atoms with E-state index in [0.717, 1.165) is 16.9 Å². The first-order valence-corrected chi connectivity index (χ1v) is 14.5. The van der Waals surface area contributed by atoms with Crippen molar-refractivity contribution in [2.24, 2.45) is 0 Å². The summed E-state index contributed by atoms with van der Waals surface area (Å²) in [5.41, 5.74) is 2.22. The van der Waals surface area contributed by atoms with Crippen molar-refractivity contribution in [2.45, 2.75) is 36.2 Å². The lowest BCUT2D eigenvalue weighted by molar-refractivity contribution is -0.135. The van der Waals surface area contributed by atoms with E-state index < -0.39 is 0 Å². The minimum Gasteiger partial charge on any atom is -0.497 e. The zero-order chi connectivity index (χ0) is 28.0. The Morgan fingerprint density at radius 2 is 1.85 bits per heavy atom. The van der Waals surface area contributed by atoms with Crippen LogP contribution in [0.25, 0.3) is 0 Å². The van der Waals surface area contributed by atoms with Gasteiger partial charge in [0.05, 0.1) is 81.9 Å². The highest BCUT2D eigenvalue weighted by Crippen LogP contribution is 2.36. The van der Waals surface area contributed by atoms with Crippen molar-refractivity contribution < 1.29 is 33.3 Å². The van der Waals surface area contributed by atoms with E-state index >= 15 is 0 Å². The lowest BCUT2D eigenvalue weighted by Gasteiger charge is -2.42. The van der Waals surface area contributed by atoms with Gasteiger partial charge in [0.2, 0.25) is 5.91 Å². The molecule has 1 aromatic carbocycles. The van der Waals surface area contributed by atoms with Gasteiger partial charge in [-0.3, -0.25) is 4.79 Å². The molecule has 0 radical (unpaired) electrons. The molecule has 4 atom stereocenters. The van der Waals surface area contributed by atoms with Gasteiger partial charge in [0.15, 0.2) is 0 Å². The third-order valence-corrected chi connectivity index (χ3v) is 8.19. The Morgan fingerprint density at radius 3 is 2.54 bits per heavy atom. The molecule has 39 heavy (non-hydrogen) atoms. The number of amides is 3. The second-order valence-corrected chi connectivity index (χ2v) is 10.7. The summed E-state index contributed by atoms with van der Waals surface area (Å²) in [4.78, 5) is 27.1. The number of alkyl halides is 1. The largest absolute Gasteiger partial charge is 0.497 e. The summed E-state index contributed by atoms with van der Waals surface area (Å²) >= 11 is 7.69. The number of fused-ring (bicyclic) bond motifs is 1. The van der Waals surface area contributed by atoms with Crippen molar-refractivity contribution >= 4 is 35.3 Å². The van der Waals surface area contributed by atoms with Gasteiger partial charge < -0.3 is 39.2 Å². The molecule has 2 aliphatic heterocycles. The summed E-state index contributed by atoms with van der Waals surface area (Å²) < 4.78 is 27.5. The van der Waals surface area contributed by atoms with Gasteiger partial charge in [0.25, 0.3) is 0 Å². The standard InChI is InChI=1S/C27H38ClN3O7S/c1-4-7-35-8-9-36-10-11-37-12-13-38-17-21-14-20-15-22(34-3)5-6-23(20)19(2)31(21)25(32)18-39-26-24(28)16-29-27(33)30-26/h1,5-6,15,19,21,24,26H,7-14,16-18H2,2-3H3,(H2,29,30,33)/t19-,21+,24?,26?/m0/s1. The maximum absolute atomic E-state index is 13.5. The molecule has 0 saturated carbocycles. The van der Waals surface area contributed by atoms with Crippen molar-refractivity contribution in [3.8, 4) is 18.1 Å². The van der Waals surface area contributed by atoms with E-state index in [1.807, 2.05) is 30.0 Å². The fourth-order valence-corrected chi connectivity index (χ4v) is 5.85. The number of ether oxygens (including phenoxy) is 5. The molecule has 0 bridgehead atoms. The molecule has 2 aliphatic rings. The van der Waals surface area contributed by atoms with Crippen LogP contribution >= 0.6 is 23.4 Å². The number of carbonyl (C=O) groups excluding carboxylic acids is 2. The molecule has 2 heterocycles. The average Bonchev–Trinajstić information content (AvgIpc) is 2.93. The number of benzene rings is 1. The Bertz CT molecular complexity index is 979. The van der Waals surface area contributed by atoms with Gasteiger partial charge in [-0.1, -0.05) is 12.0 Å². The highest BCUT2D eigenvalue weighted by atomic mass is 35.5. The molecule has 0 aromatic heterocycles. The summed E-state index contributed by atoms with van der Waals surface area (Å²) in [6.07, 6.45) is 5.76. The lowest BCUT2D eigenvalue weighted by Crippen LogP contribution is -2.55. The van der Waals surface area contributed by atoms with Gasteiger partial charge in [0.1, 0.15) is 12.4 Å². The molecule has 216 valence electrons. The van der Waals surface area contributed by atoms with Crippen molar-refractivity contribution in [2.75, 3.05) is 72.3 Å². The Morgan fingerprint density at radius 1 is 1.15 bits per heavy atom. The number of carbonyl (C=O) groups is 2. The Kier molecular flexibility index (Phi) is 13.5. The molecular weight excluding hydrogens is 546 g/mol. The topological polar surface area (TPSA) is 108 Å². The Balaban J connectivity index is 1.50. The van der Waals surface area contributed by atoms with Crippen LogP contribution in [0.1, 0.15) is 24.1 Å². The molecule has 3 rings (SSSR count). The van der Waals surface area contributed by atoms with Gasteiger partial charge in [-0.05, 0) is 36.6 Å². The number of halogens is 1. The minimum atomic E-state index is -0.340. The molecule has 1 aromatic rings. The maximum Gasteiger partial charge on any atom is 0.315 e. The second-order valence-electron chi connectivity index (χ2n) is 9.06. The molecule has 12 heteroatoms. The van der Waals surface area contributed by atoms with Crippen LogP contribution in [-0.2, 0) is 30.2 Å². The van der Waals surface area contributed by atoms with Crippen LogP contribution in [-0.4, -0.2) is 106 Å². The summed E-state index contributed by atoms with van der Waals surface area (Å²) in [5, 5.41) is 4.80. The maximum atomic E-state index is 13.5. The number of terminal acetylenes is 1. The van der Waals surface area contributed by atoms with Crippen molar-refractivity contribution in [3.63, 3.8) is 0 Å². The number of nitrogens with one attached hydrogen (secondary N) is 2. The first kappa shape index (κ1) is 31.3. The van der Waals surface area contributed by atoms with Crippen LogP contribution in [0.4, 0.5) is 4.79 Å². The minimum absolute atomic E-state index is 0.0289. The van der Waals surface area contributed by atoms with Crippen molar-refractivity contribution in [3.05, 3.63) is 29.3 Å². The average molecular weight is 584 g/mol. The monoisotopic (exact) mass is 583 g/mol. The SMILES string of the molecule is C#CCOCCOCCOCCOC[C@H]1Cc2cc(OC)ccc2[C@H](C)N1C(=O)CSC1NC(=O)NCC1Cl. The van der Waals surface area contributed by atoms with E-state index in [-0.39, 0.29) is 47.1 Å². The summed E-state index contributed by atoms with van der Waals surface area (Å²) in [6.45, 7) is 5.67. The fourth-order valence-electron chi connectivity index (χ4n) is 4.53. The van der Waals surface area contributed by atoms with E-state index in [1.165, 1.54) is 11.8 Å². The van der Waals surface area contributed by atoms with Gasteiger partial charge >= 0.3 is 6.03 Å². The number of thioether (sulfide) groups is 1. The molecule has 2 unspecified atom stereocenters. The van der Waals surface area contributed by atoms with Crippen LogP contribution < -0.4 is 15.4 Å². The predicted molar refractivity (Wildman–Crippen MR) is 150 cm³/mol. The van der Waals surface area contributed by atoms with Crippen LogP contribution in [0.2, 0.25) is 0 Å². The van der Waals surface area contributed by atoms with E-state index in [0.29, 0.717) is 59.2 Å². The van der Waals surface area contributed by atoms with Crippen LogP contribution in [0.15, 0.2) is 18.2 Å². The summed E-state index contributed by atoms with van der Waals surface area (Å²) in [5.74, 6) is 3.35. The van der Waals surface area contributed by atoms with Crippen molar-refractivity contribution in [1.29, 1.82) is 0 Å². The van der Waals surface area contributed by atoms with E-state index in [9.17, 15) is 9.59 Å². The smallest absolute Gasteiger partial charge is 0.315 e. The zero-order valence-electron chi connectivity index (χ0n) is 22.5. The Labute approximate surface area is 239 Å². The fraction of sp³-hybridized carbons (Fsp3) is 0.630. The normalized spacial score (nSPS) is 22.4. The molecular formula is C27H38ClN3O7S. The molecule has 1 saturated heterocycles. The van der Waals surface area contributed by atoms with Gasteiger partial charge in [-0.25, -0.2) is 4.79 Å². The number of rotatable bonds is 16.